The smallest absolute Gasteiger partial charge is 0.292 e. The molecule has 162 valence electrons. The van der Waals surface area contributed by atoms with Crippen molar-refractivity contribution in [2.45, 2.75) is 10.9 Å². The molecule has 0 fully saturated rings. The molecule has 0 aliphatic heterocycles. The molecule has 1 amide bonds. The molecule has 3 N–H and O–H groups in total. The number of anilines is 1. The van der Waals surface area contributed by atoms with E-state index in [1.165, 1.54) is 17.8 Å². The Hall–Kier alpha value is -3.85. The van der Waals surface area contributed by atoms with Crippen LogP contribution in [0.25, 0.3) is 11.0 Å². The fraction of sp³-hybridized carbons (Fsp3) is 0.130. The Kier molecular flexibility index (Phi) is 6.66. The number of nitro groups is 1. The first kappa shape index (κ1) is 21.4. The molecule has 9 heteroatoms. The summed E-state index contributed by atoms with van der Waals surface area (Å²) in [6.45, 7) is 0.697. The zero-order valence-corrected chi connectivity index (χ0v) is 17.9. The molecule has 3 aromatic carbocycles. The predicted octanol–water partition coefficient (Wildman–Crippen LogP) is 4.61. The lowest BCUT2D eigenvalue weighted by molar-refractivity contribution is -0.384. The van der Waals surface area contributed by atoms with Gasteiger partial charge in [0.25, 0.3) is 11.6 Å². The molecule has 0 spiro atoms. The lowest BCUT2D eigenvalue weighted by Gasteiger charge is -2.11. The normalized spacial score (nSPS) is 10.8. The first-order valence-electron chi connectivity index (χ1n) is 10.0. The van der Waals surface area contributed by atoms with Gasteiger partial charge in [-0.05, 0) is 29.8 Å². The highest BCUT2D eigenvalue weighted by molar-refractivity contribution is 7.98. The third-order valence-corrected chi connectivity index (χ3v) is 5.74. The van der Waals surface area contributed by atoms with E-state index in [1.807, 2.05) is 42.5 Å². The van der Waals surface area contributed by atoms with Gasteiger partial charge in [-0.25, -0.2) is 4.98 Å². The molecule has 0 saturated heterocycles. The van der Waals surface area contributed by atoms with E-state index in [-0.39, 0.29) is 11.6 Å². The maximum atomic E-state index is 12.7. The van der Waals surface area contributed by atoms with Crippen LogP contribution in [0.3, 0.4) is 0 Å². The van der Waals surface area contributed by atoms with Crippen molar-refractivity contribution in [2.75, 3.05) is 18.4 Å². The lowest BCUT2D eigenvalue weighted by atomic mass is 10.1. The van der Waals surface area contributed by atoms with E-state index in [1.54, 1.807) is 24.3 Å². The monoisotopic (exact) mass is 447 g/mol. The van der Waals surface area contributed by atoms with Crippen molar-refractivity contribution < 1.29 is 9.72 Å². The number of aromatic nitrogens is 2. The van der Waals surface area contributed by atoms with Gasteiger partial charge >= 0.3 is 0 Å². The number of aromatic amines is 1. The maximum Gasteiger partial charge on any atom is 0.292 e. The molecular formula is C23H21N5O3S. The Balaban J connectivity index is 1.33. The fourth-order valence-electron chi connectivity index (χ4n) is 3.26. The molecule has 4 aromatic rings. The molecule has 32 heavy (non-hydrogen) atoms. The summed E-state index contributed by atoms with van der Waals surface area (Å²) in [5, 5.41) is 17.8. The van der Waals surface area contributed by atoms with Crippen molar-refractivity contribution >= 4 is 40.1 Å². The number of imidazole rings is 1. The molecule has 1 heterocycles. The fourth-order valence-corrected chi connectivity index (χ4v) is 4.15. The first-order valence-corrected chi connectivity index (χ1v) is 11.0. The average Bonchev–Trinajstić information content (AvgIpc) is 3.24. The van der Waals surface area contributed by atoms with Gasteiger partial charge in [0.2, 0.25) is 0 Å². The van der Waals surface area contributed by atoms with Crippen LogP contribution in [0, 0.1) is 10.1 Å². The molecule has 0 unspecified atom stereocenters. The van der Waals surface area contributed by atoms with Gasteiger partial charge in [0.15, 0.2) is 5.16 Å². The number of benzene rings is 3. The maximum absolute atomic E-state index is 12.7. The van der Waals surface area contributed by atoms with Crippen LogP contribution in [0.15, 0.2) is 78.0 Å². The predicted molar refractivity (Wildman–Crippen MR) is 126 cm³/mol. The van der Waals surface area contributed by atoms with E-state index in [0.29, 0.717) is 30.1 Å². The largest absolute Gasteiger partial charge is 0.378 e. The standard InChI is InChI=1S/C23H21N5O3S/c29-22(25-14-13-24-20-11-5-6-12-21(20)28(30)31)17-8-2-1-7-16(17)15-32-23-26-18-9-3-4-10-19(18)27-23/h1-12,24H,13-15H2,(H,25,29)(H,26,27). The van der Waals surface area contributed by atoms with Crippen molar-refractivity contribution in [3.63, 3.8) is 0 Å². The summed E-state index contributed by atoms with van der Waals surface area (Å²) in [5.74, 6) is 0.410. The second-order valence-corrected chi connectivity index (χ2v) is 7.93. The highest BCUT2D eigenvalue weighted by atomic mass is 32.2. The van der Waals surface area contributed by atoms with Crippen LogP contribution in [-0.4, -0.2) is 33.9 Å². The van der Waals surface area contributed by atoms with Gasteiger partial charge in [-0.2, -0.15) is 0 Å². The summed E-state index contributed by atoms with van der Waals surface area (Å²) < 4.78 is 0. The minimum atomic E-state index is -0.434. The van der Waals surface area contributed by atoms with E-state index in [0.717, 1.165) is 21.8 Å². The summed E-state index contributed by atoms with van der Waals surface area (Å²) in [4.78, 5) is 31.2. The minimum Gasteiger partial charge on any atom is -0.378 e. The number of nitrogens with zero attached hydrogens (tertiary/aromatic N) is 2. The summed E-state index contributed by atoms with van der Waals surface area (Å²) in [6.07, 6.45) is 0. The van der Waals surface area contributed by atoms with E-state index in [2.05, 4.69) is 20.6 Å². The van der Waals surface area contributed by atoms with Crippen LogP contribution in [0.4, 0.5) is 11.4 Å². The van der Waals surface area contributed by atoms with Gasteiger partial charge in [-0.15, -0.1) is 0 Å². The lowest BCUT2D eigenvalue weighted by Crippen LogP contribution is -2.29. The summed E-state index contributed by atoms with van der Waals surface area (Å²) in [7, 11) is 0. The van der Waals surface area contributed by atoms with Crippen molar-refractivity contribution in [3.05, 3.63) is 94.0 Å². The number of hydrogen-bond donors (Lipinski definition) is 3. The highest BCUT2D eigenvalue weighted by Gasteiger charge is 2.13. The van der Waals surface area contributed by atoms with Crippen molar-refractivity contribution in [2.24, 2.45) is 0 Å². The number of hydrogen-bond acceptors (Lipinski definition) is 6. The minimum absolute atomic E-state index is 0.00628. The van der Waals surface area contributed by atoms with E-state index >= 15 is 0 Å². The van der Waals surface area contributed by atoms with Gasteiger partial charge in [-0.1, -0.05) is 54.2 Å². The van der Waals surface area contributed by atoms with Crippen LogP contribution in [0.2, 0.25) is 0 Å². The number of nitrogens with one attached hydrogen (secondary N) is 3. The average molecular weight is 448 g/mol. The quantitative estimate of drug-likeness (QED) is 0.150. The Morgan fingerprint density at radius 1 is 1.00 bits per heavy atom. The molecule has 0 aliphatic rings. The van der Waals surface area contributed by atoms with Crippen LogP contribution >= 0.6 is 11.8 Å². The number of amides is 1. The molecule has 1 aromatic heterocycles. The Morgan fingerprint density at radius 3 is 2.59 bits per heavy atom. The molecule has 8 nitrogen and oxygen atoms in total. The number of carbonyl (C=O) groups is 1. The number of rotatable bonds is 9. The number of H-pyrrole nitrogens is 1. The number of para-hydroxylation sites is 4. The molecule has 0 bridgehead atoms. The van der Waals surface area contributed by atoms with Gasteiger partial charge in [0.1, 0.15) is 5.69 Å². The Bertz CT molecular complexity index is 1220. The number of thioether (sulfide) groups is 1. The van der Waals surface area contributed by atoms with E-state index < -0.39 is 4.92 Å². The van der Waals surface area contributed by atoms with E-state index in [9.17, 15) is 14.9 Å². The Morgan fingerprint density at radius 2 is 1.75 bits per heavy atom. The van der Waals surface area contributed by atoms with Gasteiger partial charge < -0.3 is 15.6 Å². The van der Waals surface area contributed by atoms with Crippen molar-refractivity contribution in [1.29, 1.82) is 0 Å². The van der Waals surface area contributed by atoms with Crippen molar-refractivity contribution in [3.8, 4) is 0 Å². The third-order valence-electron chi connectivity index (χ3n) is 4.82. The second-order valence-electron chi connectivity index (χ2n) is 6.96. The molecule has 4 rings (SSSR count). The van der Waals surface area contributed by atoms with Crippen LogP contribution in [0.5, 0.6) is 0 Å². The van der Waals surface area contributed by atoms with Gasteiger partial charge in [0.05, 0.1) is 16.0 Å². The summed E-state index contributed by atoms with van der Waals surface area (Å²) in [6, 6.07) is 21.7. The highest BCUT2D eigenvalue weighted by Crippen LogP contribution is 2.25. The van der Waals surface area contributed by atoms with Crippen LogP contribution in [-0.2, 0) is 5.75 Å². The second kappa shape index (κ2) is 9.97. The third kappa shape index (κ3) is 5.06. The molecule has 0 saturated carbocycles. The first-order chi connectivity index (χ1) is 15.6. The summed E-state index contributed by atoms with van der Waals surface area (Å²) in [5.41, 5.74) is 3.82. The van der Waals surface area contributed by atoms with Gasteiger partial charge in [-0.3, -0.25) is 14.9 Å². The van der Waals surface area contributed by atoms with Crippen LogP contribution in [0.1, 0.15) is 15.9 Å². The van der Waals surface area contributed by atoms with Crippen molar-refractivity contribution in [1.82, 2.24) is 15.3 Å². The SMILES string of the molecule is O=C(NCCNc1ccccc1[N+](=O)[O-])c1ccccc1CSc1nc2ccccc2[nH]1. The number of nitro benzene ring substituents is 1. The molecule has 0 aliphatic carbocycles. The number of carbonyl (C=O) groups excluding carboxylic acids is 1. The number of fused-ring (bicyclic) bond motifs is 1. The summed E-state index contributed by atoms with van der Waals surface area (Å²) >= 11 is 1.54. The molecule has 0 atom stereocenters. The zero-order valence-electron chi connectivity index (χ0n) is 17.1. The Labute approximate surface area is 188 Å². The molecular weight excluding hydrogens is 426 g/mol. The van der Waals surface area contributed by atoms with Gasteiger partial charge in [0, 0.05) is 30.5 Å². The zero-order chi connectivity index (χ0) is 22.3. The van der Waals surface area contributed by atoms with Crippen LogP contribution < -0.4 is 10.6 Å². The molecule has 0 radical (unpaired) electrons. The van der Waals surface area contributed by atoms with E-state index in [4.69, 9.17) is 0 Å². The topological polar surface area (TPSA) is 113 Å².